The maximum atomic E-state index is 10.9. The molecular formula is C14H22N4O3. The summed E-state index contributed by atoms with van der Waals surface area (Å²) in [5, 5.41) is 17.2. The average molecular weight is 294 g/mol. The Kier molecular flexibility index (Phi) is 5.89. The van der Waals surface area contributed by atoms with Crippen molar-refractivity contribution in [1.82, 2.24) is 10.3 Å². The molecule has 1 aromatic heterocycles. The second-order valence-electron chi connectivity index (χ2n) is 5.21. The Hall–Kier alpha value is -1.73. The first kappa shape index (κ1) is 15.7. The maximum Gasteiger partial charge on any atom is 0.277 e. The third kappa shape index (κ3) is 4.95. The fourth-order valence-electron chi connectivity index (χ4n) is 2.31. The van der Waals surface area contributed by atoms with Crippen LogP contribution < -0.4 is 10.6 Å². The molecule has 2 rings (SSSR count). The van der Waals surface area contributed by atoms with Crippen molar-refractivity contribution in [1.29, 1.82) is 0 Å². The fourth-order valence-corrected chi connectivity index (χ4v) is 2.31. The molecule has 2 heterocycles. The summed E-state index contributed by atoms with van der Waals surface area (Å²) in [7, 11) is 0. The minimum absolute atomic E-state index is 0.0958. The van der Waals surface area contributed by atoms with E-state index < -0.39 is 0 Å². The van der Waals surface area contributed by atoms with Crippen LogP contribution in [0.1, 0.15) is 24.8 Å². The number of piperidine rings is 1. The predicted octanol–water partition coefficient (Wildman–Crippen LogP) is 1.87. The first-order valence-corrected chi connectivity index (χ1v) is 7.34. The second-order valence-corrected chi connectivity index (χ2v) is 5.21. The van der Waals surface area contributed by atoms with Gasteiger partial charge in [0, 0.05) is 24.9 Å². The van der Waals surface area contributed by atoms with Crippen molar-refractivity contribution in [2.75, 3.05) is 31.6 Å². The van der Waals surface area contributed by atoms with Gasteiger partial charge in [-0.2, -0.15) is 0 Å². The summed E-state index contributed by atoms with van der Waals surface area (Å²) in [5.41, 5.74) is 0.665. The minimum atomic E-state index is -0.386. The van der Waals surface area contributed by atoms with Gasteiger partial charge in [0.05, 0.1) is 17.1 Å². The number of aryl methyl sites for hydroxylation is 1. The normalized spacial score (nSPS) is 15.9. The standard InChI is InChI=1S/C14H22N4O3/c1-11-10-17-14(9-13(11)18(19)20)16-5-2-8-21-12-3-6-15-7-4-12/h9-10,12,15H,2-8H2,1H3,(H,16,17). The second kappa shape index (κ2) is 7.90. The number of rotatable bonds is 7. The van der Waals surface area contributed by atoms with Gasteiger partial charge in [-0.3, -0.25) is 10.1 Å². The lowest BCUT2D eigenvalue weighted by Gasteiger charge is -2.22. The van der Waals surface area contributed by atoms with Gasteiger partial charge < -0.3 is 15.4 Å². The molecule has 0 unspecified atom stereocenters. The van der Waals surface area contributed by atoms with Crippen molar-refractivity contribution in [2.24, 2.45) is 0 Å². The number of nitrogens with zero attached hydrogens (tertiary/aromatic N) is 2. The number of hydrogen-bond donors (Lipinski definition) is 2. The van der Waals surface area contributed by atoms with Crippen LogP contribution in [-0.2, 0) is 4.74 Å². The number of hydrogen-bond acceptors (Lipinski definition) is 6. The van der Waals surface area contributed by atoms with E-state index in [4.69, 9.17) is 4.74 Å². The predicted molar refractivity (Wildman–Crippen MR) is 80.6 cm³/mol. The molecule has 116 valence electrons. The summed E-state index contributed by atoms with van der Waals surface area (Å²) in [4.78, 5) is 14.6. The monoisotopic (exact) mass is 294 g/mol. The summed E-state index contributed by atoms with van der Waals surface area (Å²) in [6.45, 7) is 5.13. The SMILES string of the molecule is Cc1cnc(NCCCOC2CCNCC2)cc1[N+](=O)[O-]. The Labute approximate surface area is 124 Å². The maximum absolute atomic E-state index is 10.9. The van der Waals surface area contributed by atoms with Gasteiger partial charge >= 0.3 is 0 Å². The van der Waals surface area contributed by atoms with Crippen LogP contribution in [0.15, 0.2) is 12.3 Å². The fraction of sp³-hybridized carbons (Fsp3) is 0.643. The van der Waals surface area contributed by atoms with Gasteiger partial charge in [-0.15, -0.1) is 0 Å². The molecule has 1 aliphatic heterocycles. The molecule has 1 saturated heterocycles. The molecule has 0 bridgehead atoms. The third-order valence-corrected chi connectivity index (χ3v) is 3.54. The van der Waals surface area contributed by atoms with Gasteiger partial charge in [0.1, 0.15) is 5.82 Å². The van der Waals surface area contributed by atoms with Crippen molar-refractivity contribution in [3.05, 3.63) is 27.9 Å². The number of nitro groups is 1. The van der Waals surface area contributed by atoms with E-state index in [1.54, 1.807) is 6.92 Å². The molecule has 7 nitrogen and oxygen atoms in total. The van der Waals surface area contributed by atoms with Gasteiger partial charge in [-0.05, 0) is 39.3 Å². The van der Waals surface area contributed by atoms with E-state index in [0.717, 1.165) is 32.4 Å². The highest BCUT2D eigenvalue weighted by Gasteiger charge is 2.13. The summed E-state index contributed by atoms with van der Waals surface area (Å²) in [6, 6.07) is 1.48. The molecule has 1 aliphatic rings. The Morgan fingerprint density at radius 3 is 3.00 bits per heavy atom. The van der Waals surface area contributed by atoms with E-state index in [9.17, 15) is 10.1 Å². The van der Waals surface area contributed by atoms with Gasteiger partial charge in [0.2, 0.25) is 0 Å². The highest BCUT2D eigenvalue weighted by molar-refractivity contribution is 5.48. The summed E-state index contributed by atoms with van der Waals surface area (Å²) in [6.07, 6.45) is 4.88. The van der Waals surface area contributed by atoms with Gasteiger partial charge in [0.15, 0.2) is 0 Å². The molecular weight excluding hydrogens is 272 g/mol. The highest BCUT2D eigenvalue weighted by Crippen LogP contribution is 2.19. The zero-order valence-electron chi connectivity index (χ0n) is 12.3. The van der Waals surface area contributed by atoms with Crippen LogP contribution in [0.5, 0.6) is 0 Å². The van der Waals surface area contributed by atoms with E-state index in [1.807, 2.05) is 0 Å². The highest BCUT2D eigenvalue weighted by atomic mass is 16.6. The number of ether oxygens (including phenoxy) is 1. The summed E-state index contributed by atoms with van der Waals surface area (Å²) in [5.74, 6) is 0.536. The van der Waals surface area contributed by atoms with Crippen molar-refractivity contribution < 1.29 is 9.66 Å². The third-order valence-electron chi connectivity index (χ3n) is 3.54. The molecule has 0 atom stereocenters. The van der Waals surface area contributed by atoms with Crippen molar-refractivity contribution in [2.45, 2.75) is 32.3 Å². The largest absolute Gasteiger partial charge is 0.378 e. The molecule has 1 aromatic rings. The summed E-state index contributed by atoms with van der Waals surface area (Å²) >= 11 is 0. The van der Waals surface area contributed by atoms with Crippen LogP contribution >= 0.6 is 0 Å². The van der Waals surface area contributed by atoms with E-state index in [2.05, 4.69) is 15.6 Å². The van der Waals surface area contributed by atoms with E-state index in [0.29, 0.717) is 30.6 Å². The Morgan fingerprint density at radius 1 is 1.52 bits per heavy atom. The van der Waals surface area contributed by atoms with Crippen molar-refractivity contribution in [3.8, 4) is 0 Å². The molecule has 21 heavy (non-hydrogen) atoms. The molecule has 1 fully saturated rings. The van der Waals surface area contributed by atoms with Crippen molar-refractivity contribution in [3.63, 3.8) is 0 Å². The van der Waals surface area contributed by atoms with E-state index in [1.165, 1.54) is 12.3 Å². The topological polar surface area (TPSA) is 89.3 Å². The number of anilines is 1. The Bertz CT molecular complexity index is 475. The first-order chi connectivity index (χ1) is 10.2. The number of nitrogens with one attached hydrogen (secondary N) is 2. The van der Waals surface area contributed by atoms with Crippen LogP contribution in [-0.4, -0.2) is 42.3 Å². The lowest BCUT2D eigenvalue weighted by molar-refractivity contribution is -0.385. The summed E-state index contributed by atoms with van der Waals surface area (Å²) < 4.78 is 5.79. The first-order valence-electron chi connectivity index (χ1n) is 7.34. The molecule has 0 aliphatic carbocycles. The lowest BCUT2D eigenvalue weighted by Crippen LogP contribution is -2.32. The minimum Gasteiger partial charge on any atom is -0.378 e. The zero-order chi connectivity index (χ0) is 15.1. The van der Waals surface area contributed by atoms with E-state index >= 15 is 0 Å². The lowest BCUT2D eigenvalue weighted by atomic mass is 10.1. The number of aromatic nitrogens is 1. The van der Waals surface area contributed by atoms with Crippen LogP contribution in [0.25, 0.3) is 0 Å². The van der Waals surface area contributed by atoms with Crippen LogP contribution in [0.3, 0.4) is 0 Å². The quantitative estimate of drug-likeness (QED) is 0.453. The van der Waals surface area contributed by atoms with Crippen LogP contribution in [0.2, 0.25) is 0 Å². The average Bonchev–Trinajstić information content (AvgIpc) is 2.49. The number of pyridine rings is 1. The molecule has 2 N–H and O–H groups in total. The Morgan fingerprint density at radius 2 is 2.29 bits per heavy atom. The molecule has 0 saturated carbocycles. The smallest absolute Gasteiger partial charge is 0.277 e. The van der Waals surface area contributed by atoms with Gasteiger partial charge in [-0.25, -0.2) is 4.98 Å². The van der Waals surface area contributed by atoms with Crippen LogP contribution in [0, 0.1) is 17.0 Å². The van der Waals surface area contributed by atoms with Crippen LogP contribution in [0.4, 0.5) is 11.5 Å². The molecule has 0 aromatic carbocycles. The zero-order valence-corrected chi connectivity index (χ0v) is 12.3. The van der Waals surface area contributed by atoms with Gasteiger partial charge in [0.25, 0.3) is 5.69 Å². The van der Waals surface area contributed by atoms with E-state index in [-0.39, 0.29) is 10.6 Å². The molecule has 0 amide bonds. The van der Waals surface area contributed by atoms with Crippen molar-refractivity contribution >= 4 is 11.5 Å². The Balaban J connectivity index is 1.68. The van der Waals surface area contributed by atoms with Gasteiger partial charge in [-0.1, -0.05) is 0 Å². The molecule has 0 radical (unpaired) electrons. The molecule has 0 spiro atoms. The molecule has 7 heteroatoms.